The number of primary amides is 1. The molecule has 0 radical (unpaired) electrons. The second kappa shape index (κ2) is 6.04. The zero-order chi connectivity index (χ0) is 13.8. The van der Waals surface area contributed by atoms with Gasteiger partial charge in [0.2, 0.25) is 5.91 Å². The van der Waals surface area contributed by atoms with E-state index >= 15 is 0 Å². The second-order valence-corrected chi connectivity index (χ2v) is 5.74. The lowest BCUT2D eigenvalue weighted by Crippen LogP contribution is -2.35. The van der Waals surface area contributed by atoms with Crippen molar-refractivity contribution in [2.45, 2.75) is 45.6 Å². The van der Waals surface area contributed by atoms with Gasteiger partial charge in [-0.05, 0) is 36.8 Å². The molecule has 0 aliphatic heterocycles. The maximum Gasteiger partial charge on any atom is 0.250 e. The van der Waals surface area contributed by atoms with Crippen LogP contribution in [-0.4, -0.2) is 16.9 Å². The van der Waals surface area contributed by atoms with Gasteiger partial charge in [0, 0.05) is 12.2 Å². The highest BCUT2D eigenvalue weighted by atomic mass is 16.1. The molecule has 19 heavy (non-hydrogen) atoms. The second-order valence-electron chi connectivity index (χ2n) is 5.74. The number of anilines is 1. The molecule has 2 unspecified atom stereocenters. The van der Waals surface area contributed by atoms with Crippen LogP contribution in [0.3, 0.4) is 0 Å². The summed E-state index contributed by atoms with van der Waals surface area (Å²) >= 11 is 0. The molecule has 1 amide bonds. The van der Waals surface area contributed by atoms with Crippen LogP contribution in [0.2, 0.25) is 0 Å². The smallest absolute Gasteiger partial charge is 0.250 e. The van der Waals surface area contributed by atoms with Gasteiger partial charge in [0.05, 0.1) is 5.56 Å². The molecule has 1 saturated carbocycles. The van der Waals surface area contributed by atoms with Crippen LogP contribution in [0.25, 0.3) is 0 Å². The summed E-state index contributed by atoms with van der Waals surface area (Å²) in [6, 6.07) is 4.05. The third-order valence-electron chi connectivity index (χ3n) is 4.06. The van der Waals surface area contributed by atoms with Crippen LogP contribution < -0.4 is 11.1 Å². The maximum atomic E-state index is 11.0. The van der Waals surface area contributed by atoms with Crippen molar-refractivity contribution in [1.82, 2.24) is 4.98 Å². The molecular formula is C15H23N3O. The number of nitrogens with one attached hydrogen (secondary N) is 1. The Morgan fingerprint density at radius 2 is 2.11 bits per heavy atom. The highest BCUT2D eigenvalue weighted by Gasteiger charge is 2.27. The maximum absolute atomic E-state index is 11.0. The van der Waals surface area contributed by atoms with E-state index in [0.29, 0.717) is 23.4 Å². The lowest BCUT2D eigenvalue weighted by atomic mass is 9.78. The Morgan fingerprint density at radius 3 is 2.68 bits per heavy atom. The van der Waals surface area contributed by atoms with Gasteiger partial charge in [0.1, 0.15) is 5.82 Å². The van der Waals surface area contributed by atoms with Crippen molar-refractivity contribution in [1.29, 1.82) is 0 Å². The number of nitrogens with zero attached hydrogens (tertiary/aromatic N) is 1. The SMILES string of the molecule is CC(C)C1CCCCC1Nc1ccc(C(N)=O)cn1. The van der Waals surface area contributed by atoms with E-state index in [-0.39, 0.29) is 0 Å². The Morgan fingerprint density at radius 1 is 1.37 bits per heavy atom. The highest BCUT2D eigenvalue weighted by molar-refractivity contribution is 5.92. The number of hydrogen-bond donors (Lipinski definition) is 2. The average Bonchev–Trinajstić information content (AvgIpc) is 2.39. The van der Waals surface area contributed by atoms with Gasteiger partial charge >= 0.3 is 0 Å². The molecular weight excluding hydrogens is 238 g/mol. The first-order chi connectivity index (χ1) is 9.08. The molecule has 4 heteroatoms. The first-order valence-corrected chi connectivity index (χ1v) is 7.10. The molecule has 1 heterocycles. The summed E-state index contributed by atoms with van der Waals surface area (Å²) in [6.07, 6.45) is 6.63. The number of pyridine rings is 1. The van der Waals surface area contributed by atoms with Crippen molar-refractivity contribution < 1.29 is 4.79 Å². The monoisotopic (exact) mass is 261 g/mol. The summed E-state index contributed by atoms with van der Waals surface area (Å²) in [4.78, 5) is 15.3. The normalized spacial score (nSPS) is 23.3. The summed E-state index contributed by atoms with van der Waals surface area (Å²) in [7, 11) is 0. The molecule has 1 fully saturated rings. The Labute approximate surface area is 114 Å². The topological polar surface area (TPSA) is 68.0 Å². The van der Waals surface area contributed by atoms with Gasteiger partial charge in [0.25, 0.3) is 0 Å². The van der Waals surface area contributed by atoms with Gasteiger partial charge < -0.3 is 11.1 Å². The standard InChI is InChI=1S/C15H23N3O/c1-10(2)12-5-3-4-6-13(12)18-14-8-7-11(9-17-14)15(16)19/h7-10,12-13H,3-6H2,1-2H3,(H2,16,19)(H,17,18). The van der Waals surface area contributed by atoms with E-state index in [1.165, 1.54) is 31.9 Å². The van der Waals surface area contributed by atoms with Gasteiger partial charge in [-0.2, -0.15) is 0 Å². The van der Waals surface area contributed by atoms with Crippen LogP contribution in [0, 0.1) is 11.8 Å². The van der Waals surface area contributed by atoms with E-state index in [1.54, 1.807) is 6.07 Å². The lowest BCUT2D eigenvalue weighted by molar-refractivity contribution is 0.1000. The largest absolute Gasteiger partial charge is 0.367 e. The molecule has 0 aromatic carbocycles. The van der Waals surface area contributed by atoms with E-state index in [9.17, 15) is 4.79 Å². The van der Waals surface area contributed by atoms with Crippen LogP contribution in [0.4, 0.5) is 5.82 Å². The van der Waals surface area contributed by atoms with E-state index in [0.717, 1.165) is 5.82 Å². The van der Waals surface area contributed by atoms with Crippen molar-refractivity contribution in [2.75, 3.05) is 5.32 Å². The van der Waals surface area contributed by atoms with E-state index in [1.807, 2.05) is 6.07 Å². The van der Waals surface area contributed by atoms with Gasteiger partial charge in [0.15, 0.2) is 0 Å². The van der Waals surface area contributed by atoms with Crippen LogP contribution in [-0.2, 0) is 0 Å². The van der Waals surface area contributed by atoms with E-state index < -0.39 is 5.91 Å². The van der Waals surface area contributed by atoms with Gasteiger partial charge in [-0.1, -0.05) is 26.7 Å². The fraction of sp³-hybridized carbons (Fsp3) is 0.600. The molecule has 4 nitrogen and oxygen atoms in total. The summed E-state index contributed by atoms with van der Waals surface area (Å²) in [5.41, 5.74) is 5.66. The van der Waals surface area contributed by atoms with Gasteiger partial charge in [-0.25, -0.2) is 4.98 Å². The molecule has 1 aromatic rings. The molecule has 0 bridgehead atoms. The number of carbonyl (C=O) groups excluding carboxylic acids is 1. The lowest BCUT2D eigenvalue weighted by Gasteiger charge is -2.35. The minimum absolute atomic E-state index is 0.434. The van der Waals surface area contributed by atoms with E-state index in [4.69, 9.17) is 5.73 Å². The predicted molar refractivity (Wildman–Crippen MR) is 77.0 cm³/mol. The van der Waals surface area contributed by atoms with Crippen molar-refractivity contribution in [3.8, 4) is 0 Å². The van der Waals surface area contributed by atoms with Gasteiger partial charge in [-0.15, -0.1) is 0 Å². The summed E-state index contributed by atoms with van der Waals surface area (Å²) in [5.74, 6) is 1.79. The molecule has 0 saturated heterocycles. The molecule has 0 spiro atoms. The summed E-state index contributed by atoms with van der Waals surface area (Å²) < 4.78 is 0. The zero-order valence-corrected chi connectivity index (χ0v) is 11.7. The van der Waals surface area contributed by atoms with Gasteiger partial charge in [-0.3, -0.25) is 4.79 Å². The van der Waals surface area contributed by atoms with E-state index in [2.05, 4.69) is 24.1 Å². The number of amides is 1. The molecule has 3 N–H and O–H groups in total. The van der Waals surface area contributed by atoms with Crippen LogP contribution in [0.15, 0.2) is 18.3 Å². The Balaban J connectivity index is 2.04. The fourth-order valence-electron chi connectivity index (χ4n) is 2.95. The third kappa shape index (κ3) is 3.46. The van der Waals surface area contributed by atoms with Crippen molar-refractivity contribution in [2.24, 2.45) is 17.6 Å². The van der Waals surface area contributed by atoms with Crippen molar-refractivity contribution in [3.05, 3.63) is 23.9 Å². The first-order valence-electron chi connectivity index (χ1n) is 7.10. The fourth-order valence-corrected chi connectivity index (χ4v) is 2.95. The predicted octanol–water partition coefficient (Wildman–Crippen LogP) is 2.81. The summed E-state index contributed by atoms with van der Waals surface area (Å²) in [6.45, 7) is 4.57. The number of carbonyl (C=O) groups is 1. The third-order valence-corrected chi connectivity index (χ3v) is 4.06. The Bertz CT molecular complexity index is 428. The number of nitrogens with two attached hydrogens (primary N) is 1. The first kappa shape index (κ1) is 13.8. The molecule has 2 rings (SSSR count). The van der Waals surface area contributed by atoms with Crippen LogP contribution in [0.1, 0.15) is 49.9 Å². The molecule has 1 aliphatic rings. The minimum atomic E-state index is -0.434. The minimum Gasteiger partial charge on any atom is -0.367 e. The zero-order valence-electron chi connectivity index (χ0n) is 11.7. The summed E-state index contributed by atoms with van der Waals surface area (Å²) in [5, 5.41) is 3.52. The van der Waals surface area contributed by atoms with Crippen LogP contribution in [0.5, 0.6) is 0 Å². The van der Waals surface area contributed by atoms with Crippen molar-refractivity contribution in [3.63, 3.8) is 0 Å². The van der Waals surface area contributed by atoms with Crippen LogP contribution >= 0.6 is 0 Å². The number of hydrogen-bond acceptors (Lipinski definition) is 3. The highest BCUT2D eigenvalue weighted by Crippen LogP contribution is 2.31. The number of aromatic nitrogens is 1. The number of rotatable bonds is 4. The molecule has 104 valence electrons. The average molecular weight is 261 g/mol. The molecule has 2 atom stereocenters. The van der Waals surface area contributed by atoms with Crippen molar-refractivity contribution >= 4 is 11.7 Å². The quantitative estimate of drug-likeness (QED) is 0.875. The molecule has 1 aliphatic carbocycles. The Kier molecular flexibility index (Phi) is 4.40. The Hall–Kier alpha value is -1.58. The molecule has 1 aromatic heterocycles.